The lowest BCUT2D eigenvalue weighted by Gasteiger charge is -2.60. The third kappa shape index (κ3) is 8.40. The number of ether oxygens (including phenoxy) is 2. The molecule has 8 rings (SSSR count). The van der Waals surface area contributed by atoms with E-state index in [4.69, 9.17) is 9.47 Å². The van der Waals surface area contributed by atoms with Gasteiger partial charge in [-0.05, 0) is 107 Å². The van der Waals surface area contributed by atoms with Crippen molar-refractivity contribution in [3.63, 3.8) is 0 Å². The number of benzene rings is 3. The van der Waals surface area contributed by atoms with E-state index in [2.05, 4.69) is 70.5 Å². The average Bonchev–Trinajstić information content (AvgIpc) is 3.96. The summed E-state index contributed by atoms with van der Waals surface area (Å²) in [6.07, 6.45) is 20.3. The molecule has 1 amide bonds. The second kappa shape index (κ2) is 17.7. The summed E-state index contributed by atoms with van der Waals surface area (Å²) in [7, 11) is 0. The van der Waals surface area contributed by atoms with E-state index in [1.165, 1.54) is 75.8 Å². The Labute approximate surface area is 335 Å². The van der Waals surface area contributed by atoms with Gasteiger partial charge in [0.25, 0.3) is 0 Å². The van der Waals surface area contributed by atoms with Gasteiger partial charge in [0.05, 0.1) is 6.04 Å². The number of rotatable bonds is 20. The fraction of sp³-hybridized carbons (Fsp3) is 0.592. The average molecular weight is 761 g/mol. The van der Waals surface area contributed by atoms with Crippen LogP contribution in [0.3, 0.4) is 0 Å². The van der Waals surface area contributed by atoms with Gasteiger partial charge in [-0.25, -0.2) is 0 Å². The highest BCUT2D eigenvalue weighted by Gasteiger charge is 2.67. The van der Waals surface area contributed by atoms with Crippen molar-refractivity contribution in [2.45, 2.75) is 153 Å². The summed E-state index contributed by atoms with van der Waals surface area (Å²) < 4.78 is 12.9. The quantitative estimate of drug-likeness (QED) is 0.0702. The summed E-state index contributed by atoms with van der Waals surface area (Å²) in [5.74, 6) is 2.18. The second-order valence-corrected chi connectivity index (χ2v) is 17.8. The third-order valence-electron chi connectivity index (χ3n) is 14.1. The van der Waals surface area contributed by atoms with Crippen LogP contribution in [0.25, 0.3) is 0 Å². The van der Waals surface area contributed by atoms with Crippen molar-refractivity contribution < 1.29 is 24.2 Å². The van der Waals surface area contributed by atoms with E-state index >= 15 is 0 Å². The molecule has 5 atom stereocenters. The number of hydrogen-bond acceptors (Lipinski definition) is 6. The number of nitrogens with zero attached hydrogens (tertiary/aromatic N) is 2. The van der Waals surface area contributed by atoms with Crippen LogP contribution in [-0.2, 0) is 34.3 Å². The normalized spacial score (nSPS) is 24.7. The van der Waals surface area contributed by atoms with Crippen LogP contribution < -0.4 is 9.47 Å². The van der Waals surface area contributed by atoms with Gasteiger partial charge in [-0.1, -0.05) is 99.2 Å². The van der Waals surface area contributed by atoms with Crippen molar-refractivity contribution in [1.29, 1.82) is 0 Å². The minimum absolute atomic E-state index is 0.0623. The molecule has 56 heavy (non-hydrogen) atoms. The van der Waals surface area contributed by atoms with Crippen LogP contribution in [-0.4, -0.2) is 64.6 Å². The van der Waals surface area contributed by atoms with Crippen molar-refractivity contribution in [3.05, 3.63) is 89.0 Å². The number of esters is 1. The van der Waals surface area contributed by atoms with E-state index in [0.717, 1.165) is 94.5 Å². The Kier molecular flexibility index (Phi) is 12.4. The molecule has 2 aliphatic heterocycles. The Balaban J connectivity index is 0.955. The Morgan fingerprint density at radius 3 is 2.14 bits per heavy atom. The second-order valence-electron chi connectivity index (χ2n) is 17.8. The van der Waals surface area contributed by atoms with Crippen molar-refractivity contribution in [3.8, 4) is 17.2 Å². The lowest BCUT2D eigenvalue weighted by Crippen LogP contribution is -2.69. The number of carbonyl (C=O) groups is 2. The molecular weight excluding hydrogens is 697 g/mol. The highest BCUT2D eigenvalue weighted by atomic mass is 16.6. The first kappa shape index (κ1) is 39.0. The fourth-order valence-electron chi connectivity index (χ4n) is 11.2. The first-order valence-electron chi connectivity index (χ1n) is 22.3. The predicted octanol–water partition coefficient (Wildman–Crippen LogP) is 9.74. The maximum Gasteiger partial charge on any atom is 0.308 e. The lowest BCUT2D eigenvalue weighted by molar-refractivity contribution is -0.143. The van der Waals surface area contributed by atoms with E-state index in [0.29, 0.717) is 29.9 Å². The molecule has 0 aromatic heterocycles. The Bertz CT molecular complexity index is 1790. The molecule has 3 aliphatic carbocycles. The summed E-state index contributed by atoms with van der Waals surface area (Å²) in [4.78, 5) is 31.8. The maximum absolute atomic E-state index is 14.5. The van der Waals surface area contributed by atoms with Gasteiger partial charge in [-0.2, -0.15) is 0 Å². The highest BCUT2D eigenvalue weighted by molar-refractivity contribution is 5.77. The van der Waals surface area contributed by atoms with Gasteiger partial charge in [0.1, 0.15) is 11.9 Å². The van der Waals surface area contributed by atoms with Gasteiger partial charge in [0.2, 0.25) is 5.91 Å². The van der Waals surface area contributed by atoms with Crippen LogP contribution in [0.1, 0.15) is 132 Å². The number of carbonyl (C=O) groups excluding carboxylic acids is 2. The standard InChI is InChI=1S/C49H64N2O5/c1-35(52)55-44-33-43(53)39-32-42-40-27-28-41(48-49(40,46(39)47(44)56-48)29-31-50(42)34-38-25-26-38)51(30-17-16-23-37-21-13-9-14-22-37)45(54)24-15-7-5-3-2-4-6-10-18-36-19-11-8-12-20-36/h8-9,11-14,19-22,33,38,40-42,48,53H,2-7,10,15-18,23-32,34H2,1H3/t40-,41-,42+,48-,49-/m0/s1. The van der Waals surface area contributed by atoms with E-state index in [1.54, 1.807) is 6.07 Å². The molecule has 2 heterocycles. The van der Waals surface area contributed by atoms with Crippen LogP contribution >= 0.6 is 0 Å². The van der Waals surface area contributed by atoms with Crippen LogP contribution in [0.4, 0.5) is 0 Å². The number of aromatic hydroxyl groups is 1. The molecule has 3 aromatic carbocycles. The number of phenols is 1. The zero-order valence-electron chi connectivity index (χ0n) is 33.8. The number of likely N-dealkylation sites (tertiary alicyclic amines) is 1. The van der Waals surface area contributed by atoms with Gasteiger partial charge in [0.15, 0.2) is 11.5 Å². The van der Waals surface area contributed by atoms with Crippen molar-refractivity contribution in [2.24, 2.45) is 11.8 Å². The SMILES string of the molecule is CC(=O)Oc1cc(O)c2c3c1O[C@H]1[C@@H](N(CCCCc4ccccc4)C(=O)CCCCCCCCCCc4ccccc4)CC[C@H]4[C@@H](C2)N(CC2CC2)CC[C@@]341. The molecule has 2 saturated carbocycles. The number of phenolic OH excluding ortho intramolecular Hbond substituents is 1. The molecular formula is C49H64N2O5. The van der Waals surface area contributed by atoms with Crippen LogP contribution in [0.2, 0.25) is 0 Å². The minimum atomic E-state index is -0.420. The van der Waals surface area contributed by atoms with Crippen molar-refractivity contribution >= 4 is 11.9 Å². The van der Waals surface area contributed by atoms with Gasteiger partial charge in [-0.15, -0.1) is 0 Å². The maximum atomic E-state index is 14.5. The molecule has 300 valence electrons. The summed E-state index contributed by atoms with van der Waals surface area (Å²) in [6, 6.07) is 23.4. The van der Waals surface area contributed by atoms with Gasteiger partial charge in [0, 0.05) is 55.1 Å². The van der Waals surface area contributed by atoms with Gasteiger partial charge < -0.3 is 19.5 Å². The minimum Gasteiger partial charge on any atom is -0.508 e. The molecule has 0 radical (unpaired) electrons. The smallest absolute Gasteiger partial charge is 0.308 e. The number of aryl methyl sites for hydroxylation is 2. The molecule has 0 unspecified atom stereocenters. The third-order valence-corrected chi connectivity index (χ3v) is 14.1. The molecule has 3 aromatic rings. The first-order chi connectivity index (χ1) is 27.4. The fourth-order valence-corrected chi connectivity index (χ4v) is 11.2. The molecule has 7 nitrogen and oxygen atoms in total. The molecule has 2 bridgehead atoms. The topological polar surface area (TPSA) is 79.3 Å². The van der Waals surface area contributed by atoms with E-state index in [-0.39, 0.29) is 29.2 Å². The summed E-state index contributed by atoms with van der Waals surface area (Å²) in [5, 5.41) is 11.5. The van der Waals surface area contributed by atoms with Crippen LogP contribution in [0.15, 0.2) is 66.7 Å². The molecule has 7 heteroatoms. The van der Waals surface area contributed by atoms with Gasteiger partial charge >= 0.3 is 5.97 Å². The summed E-state index contributed by atoms with van der Waals surface area (Å²) >= 11 is 0. The largest absolute Gasteiger partial charge is 0.508 e. The van der Waals surface area contributed by atoms with Crippen LogP contribution in [0.5, 0.6) is 17.2 Å². The van der Waals surface area contributed by atoms with Crippen LogP contribution in [0, 0.1) is 11.8 Å². The zero-order chi connectivity index (χ0) is 38.5. The van der Waals surface area contributed by atoms with E-state index < -0.39 is 5.97 Å². The Morgan fingerprint density at radius 1 is 0.839 bits per heavy atom. The lowest BCUT2D eigenvalue weighted by atomic mass is 9.50. The van der Waals surface area contributed by atoms with E-state index in [9.17, 15) is 14.7 Å². The van der Waals surface area contributed by atoms with Crippen molar-refractivity contribution in [1.82, 2.24) is 9.80 Å². The number of amides is 1. The molecule has 1 saturated heterocycles. The van der Waals surface area contributed by atoms with E-state index in [1.807, 2.05) is 0 Å². The molecule has 5 aliphatic rings. The zero-order valence-corrected chi connectivity index (χ0v) is 33.8. The number of hydrogen-bond donors (Lipinski definition) is 1. The van der Waals surface area contributed by atoms with Crippen molar-refractivity contribution in [2.75, 3.05) is 19.6 Å². The summed E-state index contributed by atoms with van der Waals surface area (Å²) in [5.41, 5.74) is 4.51. The molecule has 1 N–H and O–H groups in total. The predicted molar refractivity (Wildman–Crippen MR) is 221 cm³/mol. The Morgan fingerprint density at radius 2 is 1.48 bits per heavy atom. The first-order valence-corrected chi connectivity index (χ1v) is 22.3. The molecule has 3 fully saturated rings. The number of unbranched alkanes of at least 4 members (excludes halogenated alkanes) is 8. The van der Waals surface area contributed by atoms with Gasteiger partial charge in [-0.3, -0.25) is 14.5 Å². The summed E-state index contributed by atoms with van der Waals surface area (Å²) in [6.45, 7) is 4.27. The monoisotopic (exact) mass is 760 g/mol. The molecule has 1 spiro atoms. The number of piperidine rings is 1. The highest BCUT2D eigenvalue weighted by Crippen LogP contribution is 2.66. The Hall–Kier alpha value is -3.84.